The molecule has 9 heteroatoms. The zero-order chi connectivity index (χ0) is 17.6. The van der Waals surface area contributed by atoms with Crippen molar-refractivity contribution >= 4 is 11.8 Å². The van der Waals surface area contributed by atoms with E-state index in [0.717, 1.165) is 17.3 Å². The van der Waals surface area contributed by atoms with E-state index in [4.69, 9.17) is 0 Å². The third-order valence-corrected chi connectivity index (χ3v) is 3.96. The van der Waals surface area contributed by atoms with E-state index < -0.39 is 23.7 Å². The molecule has 1 aliphatic heterocycles. The van der Waals surface area contributed by atoms with E-state index in [1.54, 1.807) is 31.2 Å². The van der Waals surface area contributed by atoms with Crippen LogP contribution in [0, 0.1) is 5.82 Å². The molecule has 1 aliphatic rings. The molecule has 0 fully saturated rings. The first kappa shape index (κ1) is 15.1. The van der Waals surface area contributed by atoms with Gasteiger partial charge in [0.15, 0.2) is 11.6 Å². The summed E-state index contributed by atoms with van der Waals surface area (Å²) in [5, 5.41) is 4.02. The number of hydrogen-bond acceptors (Lipinski definition) is 6. The Bertz CT molecular complexity index is 949. The maximum absolute atomic E-state index is 13.0. The van der Waals surface area contributed by atoms with Gasteiger partial charge in [0.1, 0.15) is 6.33 Å². The lowest BCUT2D eigenvalue weighted by Gasteiger charge is -2.21. The van der Waals surface area contributed by atoms with Gasteiger partial charge < -0.3 is 0 Å². The van der Waals surface area contributed by atoms with Crippen molar-refractivity contribution in [3.05, 3.63) is 65.8 Å². The van der Waals surface area contributed by atoms with Crippen LogP contribution in [0.1, 0.15) is 39.5 Å². The van der Waals surface area contributed by atoms with Crippen molar-refractivity contribution in [2.24, 2.45) is 0 Å². The minimum Gasteiger partial charge on any atom is -0.269 e. The smallest absolute Gasteiger partial charge is 0.262 e. The number of fused-ring (bicyclic) bond motifs is 1. The molecule has 3 aromatic rings. The van der Waals surface area contributed by atoms with Gasteiger partial charge in [0.2, 0.25) is 0 Å². The normalized spacial score (nSPS) is 14.7. The number of carbonyl (C=O) groups is 2. The molecular formula is C16H11FN6O2. The van der Waals surface area contributed by atoms with E-state index in [9.17, 15) is 14.0 Å². The fraction of sp³-hybridized carbons (Fsp3) is 0.125. The zero-order valence-electron chi connectivity index (χ0n) is 13.0. The van der Waals surface area contributed by atoms with Crippen LogP contribution in [0.15, 0.2) is 43.0 Å². The van der Waals surface area contributed by atoms with Gasteiger partial charge in [-0.2, -0.15) is 9.78 Å². The van der Waals surface area contributed by atoms with Crippen LogP contribution in [0.3, 0.4) is 0 Å². The summed E-state index contributed by atoms with van der Waals surface area (Å²) in [5.41, 5.74) is 0.701. The van der Waals surface area contributed by atoms with E-state index in [1.807, 2.05) is 0 Å². The Kier molecular flexibility index (Phi) is 3.34. The van der Waals surface area contributed by atoms with Gasteiger partial charge in [0.25, 0.3) is 17.8 Å². The van der Waals surface area contributed by atoms with Crippen molar-refractivity contribution in [3.63, 3.8) is 0 Å². The maximum Gasteiger partial charge on any atom is 0.262 e. The molecule has 0 saturated carbocycles. The first-order valence-corrected chi connectivity index (χ1v) is 7.42. The van der Waals surface area contributed by atoms with Gasteiger partial charge in [-0.05, 0) is 19.1 Å². The van der Waals surface area contributed by atoms with Crippen LogP contribution < -0.4 is 0 Å². The first-order chi connectivity index (χ1) is 12.1. The summed E-state index contributed by atoms with van der Waals surface area (Å²) in [6, 6.07) is 5.91. The maximum atomic E-state index is 13.0. The van der Waals surface area contributed by atoms with Gasteiger partial charge in [-0.25, -0.2) is 19.3 Å². The predicted octanol–water partition coefficient (Wildman–Crippen LogP) is 1.55. The van der Waals surface area contributed by atoms with Crippen LogP contribution in [0.4, 0.5) is 4.39 Å². The Morgan fingerprint density at radius 3 is 2.20 bits per heavy atom. The molecule has 1 unspecified atom stereocenters. The van der Waals surface area contributed by atoms with Gasteiger partial charge in [-0.15, -0.1) is 0 Å². The molecule has 0 saturated heterocycles. The second kappa shape index (κ2) is 5.55. The molecule has 0 N–H and O–H groups in total. The van der Waals surface area contributed by atoms with E-state index in [1.165, 1.54) is 11.0 Å². The van der Waals surface area contributed by atoms with Crippen LogP contribution in [-0.2, 0) is 0 Å². The van der Waals surface area contributed by atoms with Crippen LogP contribution in [0.5, 0.6) is 0 Å². The number of halogens is 1. The molecule has 2 aromatic heterocycles. The van der Waals surface area contributed by atoms with Crippen molar-refractivity contribution < 1.29 is 14.0 Å². The van der Waals surface area contributed by atoms with Gasteiger partial charge >= 0.3 is 0 Å². The topological polar surface area (TPSA) is 93.9 Å². The number of hydrogen-bond donors (Lipinski definition) is 0. The van der Waals surface area contributed by atoms with Crippen LogP contribution in [0.2, 0.25) is 0 Å². The number of rotatable bonds is 3. The van der Waals surface area contributed by atoms with E-state index >= 15 is 0 Å². The molecule has 2 amide bonds. The number of amides is 2. The fourth-order valence-electron chi connectivity index (χ4n) is 2.78. The van der Waals surface area contributed by atoms with Gasteiger partial charge in [-0.3, -0.25) is 14.5 Å². The summed E-state index contributed by atoms with van der Waals surface area (Å²) in [6.07, 6.45) is 3.26. The fourth-order valence-corrected chi connectivity index (χ4v) is 2.78. The van der Waals surface area contributed by atoms with Crippen molar-refractivity contribution in [2.45, 2.75) is 13.0 Å². The minimum atomic E-state index is -0.705. The second-order valence-corrected chi connectivity index (χ2v) is 5.43. The van der Waals surface area contributed by atoms with E-state index in [2.05, 4.69) is 20.1 Å². The Hall–Kier alpha value is -3.49. The highest BCUT2D eigenvalue weighted by atomic mass is 19.1. The van der Waals surface area contributed by atoms with Crippen molar-refractivity contribution in [1.29, 1.82) is 0 Å². The van der Waals surface area contributed by atoms with Crippen molar-refractivity contribution in [3.8, 4) is 5.95 Å². The standard InChI is InChI=1S/C16H11FN6O2/c1-9(22-14(24)11-4-2-3-5-12(11)15(22)25)13-20-8-21-23(13)16-18-6-10(17)7-19-16/h2-9H,1H3. The largest absolute Gasteiger partial charge is 0.269 e. The van der Waals surface area contributed by atoms with Crippen molar-refractivity contribution in [1.82, 2.24) is 29.6 Å². The van der Waals surface area contributed by atoms with Crippen LogP contribution in [-0.4, -0.2) is 41.4 Å². The molecule has 1 atom stereocenters. The quantitative estimate of drug-likeness (QED) is 0.673. The molecule has 8 nitrogen and oxygen atoms in total. The lowest BCUT2D eigenvalue weighted by atomic mass is 10.1. The number of nitrogens with zero attached hydrogens (tertiary/aromatic N) is 6. The average molecular weight is 338 g/mol. The number of imide groups is 1. The molecule has 0 bridgehead atoms. The zero-order valence-corrected chi connectivity index (χ0v) is 13.0. The van der Waals surface area contributed by atoms with Crippen LogP contribution >= 0.6 is 0 Å². The van der Waals surface area contributed by atoms with Gasteiger partial charge in [-0.1, -0.05) is 12.1 Å². The monoisotopic (exact) mass is 338 g/mol. The Balaban J connectivity index is 1.73. The van der Waals surface area contributed by atoms with Crippen LogP contribution in [0.25, 0.3) is 5.95 Å². The first-order valence-electron chi connectivity index (χ1n) is 7.42. The number of carbonyl (C=O) groups excluding carboxylic acids is 2. The number of benzene rings is 1. The predicted molar refractivity (Wildman–Crippen MR) is 82.3 cm³/mol. The second-order valence-electron chi connectivity index (χ2n) is 5.43. The molecule has 0 spiro atoms. The Labute approximate surface area is 141 Å². The molecule has 0 radical (unpaired) electrons. The van der Waals surface area contributed by atoms with Crippen molar-refractivity contribution in [2.75, 3.05) is 0 Å². The highest BCUT2D eigenvalue weighted by Crippen LogP contribution is 2.30. The molecule has 1 aromatic carbocycles. The molecule has 124 valence electrons. The summed E-state index contributed by atoms with van der Waals surface area (Å²) in [6.45, 7) is 1.66. The molecule has 3 heterocycles. The molecular weight excluding hydrogens is 327 g/mol. The number of aromatic nitrogens is 5. The Morgan fingerprint density at radius 2 is 1.60 bits per heavy atom. The van der Waals surface area contributed by atoms with Gasteiger partial charge in [0.05, 0.1) is 29.6 Å². The summed E-state index contributed by atoms with van der Waals surface area (Å²) >= 11 is 0. The summed E-state index contributed by atoms with van der Waals surface area (Å²) < 4.78 is 14.3. The lowest BCUT2D eigenvalue weighted by Crippen LogP contribution is -2.34. The van der Waals surface area contributed by atoms with E-state index in [-0.39, 0.29) is 5.95 Å². The SMILES string of the molecule is CC(c1ncnn1-c1ncc(F)cn1)N1C(=O)c2ccccc2C1=O. The third kappa shape index (κ3) is 2.28. The lowest BCUT2D eigenvalue weighted by molar-refractivity contribution is 0.0587. The van der Waals surface area contributed by atoms with E-state index in [0.29, 0.717) is 17.0 Å². The molecule has 4 rings (SSSR count). The van der Waals surface area contributed by atoms with Gasteiger partial charge in [0, 0.05) is 0 Å². The third-order valence-electron chi connectivity index (χ3n) is 3.96. The summed E-state index contributed by atoms with van der Waals surface area (Å²) in [4.78, 5) is 38.2. The Morgan fingerprint density at radius 1 is 1.00 bits per heavy atom. The summed E-state index contributed by atoms with van der Waals surface area (Å²) in [5.74, 6) is -0.998. The average Bonchev–Trinajstić information content (AvgIpc) is 3.20. The highest BCUT2D eigenvalue weighted by Gasteiger charge is 2.40. The molecule has 25 heavy (non-hydrogen) atoms. The highest BCUT2D eigenvalue weighted by molar-refractivity contribution is 6.21. The minimum absolute atomic E-state index is 0.0948. The molecule has 0 aliphatic carbocycles. The summed E-state index contributed by atoms with van der Waals surface area (Å²) in [7, 11) is 0.